The molecule has 0 amide bonds. The van der Waals surface area contributed by atoms with E-state index in [1.54, 1.807) is 0 Å². The number of aliphatic hydroxyl groups is 1. The summed E-state index contributed by atoms with van der Waals surface area (Å²) in [5.74, 6) is 0. The van der Waals surface area contributed by atoms with Crippen molar-refractivity contribution in [3.63, 3.8) is 0 Å². The van der Waals surface area contributed by atoms with Gasteiger partial charge in [0, 0.05) is 22.1 Å². The lowest BCUT2D eigenvalue weighted by atomic mass is 10.1. The van der Waals surface area contributed by atoms with Crippen molar-refractivity contribution in [1.29, 1.82) is 0 Å². The van der Waals surface area contributed by atoms with Gasteiger partial charge in [-0.05, 0) is 42.3 Å². The maximum absolute atomic E-state index is 10.2. The van der Waals surface area contributed by atoms with Crippen LogP contribution in [0.15, 0.2) is 53.0 Å². The number of halogens is 2. The van der Waals surface area contributed by atoms with Gasteiger partial charge in [0.2, 0.25) is 0 Å². The van der Waals surface area contributed by atoms with Crippen LogP contribution in [0.1, 0.15) is 30.2 Å². The first-order valence-corrected chi connectivity index (χ1v) is 7.66. The number of hydrogen-bond donors (Lipinski definition) is 2. The van der Waals surface area contributed by atoms with Gasteiger partial charge in [-0.1, -0.05) is 51.8 Å². The fraction of sp³-hybridized carbons (Fsp3) is 0.250. The van der Waals surface area contributed by atoms with E-state index in [0.29, 0.717) is 6.54 Å². The molecule has 2 atom stereocenters. The van der Waals surface area contributed by atoms with Crippen molar-refractivity contribution >= 4 is 27.5 Å². The lowest BCUT2D eigenvalue weighted by Crippen LogP contribution is -2.24. The Balaban J connectivity index is 1.94. The van der Waals surface area contributed by atoms with Gasteiger partial charge in [0.1, 0.15) is 0 Å². The van der Waals surface area contributed by atoms with Gasteiger partial charge in [-0.2, -0.15) is 0 Å². The van der Waals surface area contributed by atoms with Crippen molar-refractivity contribution in [2.45, 2.75) is 19.1 Å². The summed E-state index contributed by atoms with van der Waals surface area (Å²) < 4.78 is 0.969. The quantitative estimate of drug-likeness (QED) is 0.829. The van der Waals surface area contributed by atoms with E-state index >= 15 is 0 Å². The van der Waals surface area contributed by atoms with Crippen molar-refractivity contribution in [3.8, 4) is 0 Å². The summed E-state index contributed by atoms with van der Waals surface area (Å²) in [5, 5.41) is 14.2. The monoisotopic (exact) mass is 353 g/mol. The average molecular weight is 355 g/mol. The largest absolute Gasteiger partial charge is 0.387 e. The van der Waals surface area contributed by atoms with E-state index in [0.717, 1.165) is 20.6 Å². The molecule has 0 aromatic heterocycles. The highest BCUT2D eigenvalue weighted by Gasteiger charge is 2.11. The summed E-state index contributed by atoms with van der Waals surface area (Å²) in [6, 6.07) is 15.6. The van der Waals surface area contributed by atoms with Crippen molar-refractivity contribution in [2.24, 2.45) is 0 Å². The van der Waals surface area contributed by atoms with Gasteiger partial charge >= 0.3 is 0 Å². The molecule has 0 aliphatic heterocycles. The third-order valence-electron chi connectivity index (χ3n) is 3.20. The number of nitrogens with one attached hydrogen (secondary N) is 1. The minimum atomic E-state index is -0.533. The minimum Gasteiger partial charge on any atom is -0.387 e. The van der Waals surface area contributed by atoms with Crippen LogP contribution in [-0.2, 0) is 0 Å². The summed E-state index contributed by atoms with van der Waals surface area (Å²) >= 11 is 9.39. The highest BCUT2D eigenvalue weighted by molar-refractivity contribution is 9.10. The number of benzene rings is 2. The Labute approximate surface area is 132 Å². The molecular weight excluding hydrogens is 338 g/mol. The van der Waals surface area contributed by atoms with E-state index < -0.39 is 6.10 Å². The predicted molar refractivity (Wildman–Crippen MR) is 87.0 cm³/mol. The normalized spacial score (nSPS) is 14.0. The average Bonchev–Trinajstić information content (AvgIpc) is 2.44. The molecule has 0 heterocycles. The summed E-state index contributed by atoms with van der Waals surface area (Å²) in [6.45, 7) is 2.55. The molecule has 2 aromatic carbocycles. The Kier molecular flexibility index (Phi) is 5.61. The molecule has 0 radical (unpaired) electrons. The first-order valence-electron chi connectivity index (χ1n) is 6.48. The maximum Gasteiger partial charge on any atom is 0.0914 e. The fourth-order valence-corrected chi connectivity index (χ4v) is 2.63. The van der Waals surface area contributed by atoms with Gasteiger partial charge < -0.3 is 10.4 Å². The Bertz CT molecular complexity index is 524. The van der Waals surface area contributed by atoms with Crippen LogP contribution >= 0.6 is 27.5 Å². The van der Waals surface area contributed by atoms with Crippen molar-refractivity contribution in [3.05, 3.63) is 69.2 Å². The molecule has 0 spiro atoms. The molecule has 0 aliphatic rings. The van der Waals surface area contributed by atoms with E-state index in [9.17, 15) is 5.11 Å². The van der Waals surface area contributed by atoms with Gasteiger partial charge in [-0.3, -0.25) is 0 Å². The molecule has 2 rings (SSSR count). The molecule has 20 heavy (non-hydrogen) atoms. The second-order valence-electron chi connectivity index (χ2n) is 4.76. The molecule has 2 nitrogen and oxygen atoms in total. The fourth-order valence-electron chi connectivity index (χ4n) is 2.01. The Morgan fingerprint density at radius 3 is 2.55 bits per heavy atom. The molecule has 0 aliphatic carbocycles. The van der Waals surface area contributed by atoms with E-state index in [1.165, 1.54) is 0 Å². The van der Waals surface area contributed by atoms with Gasteiger partial charge in [-0.25, -0.2) is 0 Å². The third kappa shape index (κ3) is 4.32. The summed E-state index contributed by atoms with van der Waals surface area (Å²) in [4.78, 5) is 0. The first-order chi connectivity index (χ1) is 9.56. The lowest BCUT2D eigenvalue weighted by molar-refractivity contribution is 0.170. The van der Waals surface area contributed by atoms with Crippen LogP contribution in [0.5, 0.6) is 0 Å². The predicted octanol–water partition coefficient (Wildman–Crippen LogP) is 4.49. The second kappa shape index (κ2) is 7.23. The van der Waals surface area contributed by atoms with E-state index in [4.69, 9.17) is 11.6 Å². The van der Waals surface area contributed by atoms with Crippen LogP contribution in [0.2, 0.25) is 5.02 Å². The molecule has 4 heteroatoms. The van der Waals surface area contributed by atoms with Crippen molar-refractivity contribution < 1.29 is 5.11 Å². The Morgan fingerprint density at radius 2 is 1.85 bits per heavy atom. The number of aliphatic hydroxyl groups excluding tert-OH is 1. The van der Waals surface area contributed by atoms with Gasteiger partial charge in [0.15, 0.2) is 0 Å². The SMILES string of the molecule is CC(NCC(O)c1cccc(Br)c1)c1cccc(Cl)c1. The number of rotatable bonds is 5. The van der Waals surface area contributed by atoms with Gasteiger partial charge in [-0.15, -0.1) is 0 Å². The molecule has 0 saturated heterocycles. The lowest BCUT2D eigenvalue weighted by Gasteiger charge is -2.18. The molecule has 0 fully saturated rings. The zero-order chi connectivity index (χ0) is 14.5. The van der Waals surface area contributed by atoms with Crippen LogP contribution in [-0.4, -0.2) is 11.7 Å². The smallest absolute Gasteiger partial charge is 0.0914 e. The first kappa shape index (κ1) is 15.5. The summed E-state index contributed by atoms with van der Waals surface area (Å²) in [7, 11) is 0. The minimum absolute atomic E-state index is 0.135. The zero-order valence-corrected chi connectivity index (χ0v) is 13.5. The van der Waals surface area contributed by atoms with E-state index in [1.807, 2.05) is 48.5 Å². The van der Waals surface area contributed by atoms with Crippen LogP contribution in [0, 0.1) is 0 Å². The van der Waals surface area contributed by atoms with Crippen molar-refractivity contribution in [2.75, 3.05) is 6.54 Å². The highest BCUT2D eigenvalue weighted by atomic mass is 79.9. The molecule has 0 bridgehead atoms. The molecule has 2 N–H and O–H groups in total. The molecular formula is C16H17BrClNO. The Hall–Kier alpha value is -0.870. The summed E-state index contributed by atoms with van der Waals surface area (Å²) in [5.41, 5.74) is 2.00. The number of hydrogen-bond acceptors (Lipinski definition) is 2. The standard InChI is InChI=1S/C16H17BrClNO/c1-11(12-4-3-7-15(18)9-12)19-10-16(20)13-5-2-6-14(17)8-13/h2-9,11,16,19-20H,10H2,1H3. The van der Waals surface area contributed by atoms with Gasteiger partial charge in [0.05, 0.1) is 6.10 Å². The summed E-state index contributed by atoms with van der Waals surface area (Å²) in [6.07, 6.45) is -0.533. The highest BCUT2D eigenvalue weighted by Crippen LogP contribution is 2.20. The van der Waals surface area contributed by atoms with E-state index in [-0.39, 0.29) is 6.04 Å². The maximum atomic E-state index is 10.2. The molecule has 2 aromatic rings. The van der Waals surface area contributed by atoms with Crippen LogP contribution in [0.4, 0.5) is 0 Å². The molecule has 106 valence electrons. The molecule has 0 saturated carbocycles. The van der Waals surface area contributed by atoms with Crippen LogP contribution in [0.25, 0.3) is 0 Å². The molecule has 2 unspecified atom stereocenters. The zero-order valence-electron chi connectivity index (χ0n) is 11.2. The van der Waals surface area contributed by atoms with Crippen LogP contribution in [0.3, 0.4) is 0 Å². The third-order valence-corrected chi connectivity index (χ3v) is 3.93. The van der Waals surface area contributed by atoms with Crippen LogP contribution < -0.4 is 5.32 Å². The van der Waals surface area contributed by atoms with Gasteiger partial charge in [0.25, 0.3) is 0 Å². The topological polar surface area (TPSA) is 32.3 Å². The second-order valence-corrected chi connectivity index (χ2v) is 6.11. The Morgan fingerprint density at radius 1 is 1.15 bits per heavy atom. The van der Waals surface area contributed by atoms with E-state index in [2.05, 4.69) is 28.2 Å². The van der Waals surface area contributed by atoms with Crippen molar-refractivity contribution in [1.82, 2.24) is 5.32 Å².